The maximum atomic E-state index is 13.0. The van der Waals surface area contributed by atoms with Crippen molar-refractivity contribution in [3.8, 4) is 6.07 Å². The van der Waals surface area contributed by atoms with Crippen LogP contribution in [0.4, 0.5) is 9.80 Å². The van der Waals surface area contributed by atoms with E-state index in [2.05, 4.69) is 31.4 Å². The van der Waals surface area contributed by atoms with Crippen LogP contribution in [-0.4, -0.2) is 34.8 Å². The molecule has 2 atom stereocenters. The van der Waals surface area contributed by atoms with Gasteiger partial charge < -0.3 is 10.6 Å². The molecule has 3 rings (SSSR count). The number of thiophene rings is 1. The molecule has 138 valence electrons. The van der Waals surface area contributed by atoms with Gasteiger partial charge in [0.15, 0.2) is 0 Å². The molecule has 2 fully saturated rings. The Morgan fingerprint density at radius 1 is 1.46 bits per heavy atom. The number of nitriles is 1. The molecule has 4 amide bonds. The van der Waals surface area contributed by atoms with Gasteiger partial charge in [-0.2, -0.15) is 5.26 Å². The summed E-state index contributed by atoms with van der Waals surface area (Å²) in [6.45, 7) is 5.92. The maximum absolute atomic E-state index is 13.0. The van der Waals surface area contributed by atoms with E-state index in [4.69, 9.17) is 5.26 Å². The third-order valence-electron chi connectivity index (χ3n) is 4.96. The van der Waals surface area contributed by atoms with Crippen molar-refractivity contribution >= 4 is 34.2 Å². The van der Waals surface area contributed by atoms with Crippen LogP contribution in [0.5, 0.6) is 0 Å². The lowest BCUT2D eigenvalue weighted by molar-refractivity contribution is -0.136. The standard InChI is InChI=1S/C18H22N4O3S/c1-11-6-17(2,3)10-18(7-11)15(24)22(16(25)21-18)9-13(23)20-14-12(8-19)4-5-26-14/h4-5,11H,6-7,9-10H2,1-3H3,(H,20,23)(H,21,25). The molecule has 2 unspecified atom stereocenters. The summed E-state index contributed by atoms with van der Waals surface area (Å²) in [5, 5.41) is 16.6. The molecule has 0 bridgehead atoms. The van der Waals surface area contributed by atoms with Crippen LogP contribution >= 0.6 is 11.3 Å². The lowest BCUT2D eigenvalue weighted by Gasteiger charge is -2.43. The molecule has 1 saturated heterocycles. The molecule has 1 saturated carbocycles. The number of rotatable bonds is 3. The van der Waals surface area contributed by atoms with Gasteiger partial charge in [-0.05, 0) is 42.0 Å². The fourth-order valence-corrected chi connectivity index (χ4v) is 5.21. The van der Waals surface area contributed by atoms with E-state index in [0.717, 1.165) is 11.3 Å². The van der Waals surface area contributed by atoms with Gasteiger partial charge in [-0.1, -0.05) is 20.8 Å². The summed E-state index contributed by atoms with van der Waals surface area (Å²) in [5.41, 5.74) is -0.614. The van der Waals surface area contributed by atoms with Crippen LogP contribution in [0.2, 0.25) is 0 Å². The number of imide groups is 1. The second-order valence-corrected chi connectivity index (χ2v) is 9.00. The quantitative estimate of drug-likeness (QED) is 0.794. The van der Waals surface area contributed by atoms with E-state index in [0.29, 0.717) is 29.3 Å². The Balaban J connectivity index is 1.73. The van der Waals surface area contributed by atoms with Gasteiger partial charge in [-0.25, -0.2) is 4.79 Å². The highest BCUT2D eigenvalue weighted by Gasteiger charge is 2.56. The summed E-state index contributed by atoms with van der Waals surface area (Å²) < 4.78 is 0. The van der Waals surface area contributed by atoms with E-state index in [1.54, 1.807) is 11.4 Å². The fraction of sp³-hybridized carbons (Fsp3) is 0.556. The lowest BCUT2D eigenvalue weighted by atomic mass is 9.64. The first-order valence-corrected chi connectivity index (χ1v) is 9.45. The fourth-order valence-electron chi connectivity index (χ4n) is 4.45. The topological polar surface area (TPSA) is 102 Å². The Morgan fingerprint density at radius 2 is 2.19 bits per heavy atom. The number of carbonyl (C=O) groups is 3. The minimum atomic E-state index is -0.917. The van der Waals surface area contributed by atoms with Gasteiger partial charge in [0.25, 0.3) is 5.91 Å². The predicted molar refractivity (Wildman–Crippen MR) is 97.4 cm³/mol. The largest absolute Gasteiger partial charge is 0.325 e. The van der Waals surface area contributed by atoms with Crippen molar-refractivity contribution in [3.63, 3.8) is 0 Å². The van der Waals surface area contributed by atoms with Gasteiger partial charge >= 0.3 is 6.03 Å². The second kappa shape index (κ2) is 6.40. The summed E-state index contributed by atoms with van der Waals surface area (Å²) in [6, 6.07) is 3.07. The van der Waals surface area contributed by atoms with Gasteiger partial charge in [0.2, 0.25) is 5.91 Å². The first-order valence-electron chi connectivity index (χ1n) is 8.57. The highest BCUT2D eigenvalue weighted by atomic mass is 32.1. The van der Waals surface area contributed by atoms with Crippen molar-refractivity contribution in [2.45, 2.75) is 45.6 Å². The van der Waals surface area contributed by atoms with Crippen molar-refractivity contribution in [1.82, 2.24) is 10.2 Å². The number of urea groups is 1. The van der Waals surface area contributed by atoms with Gasteiger partial charge in [0, 0.05) is 0 Å². The summed E-state index contributed by atoms with van der Waals surface area (Å²) in [6.07, 6.45) is 2.15. The third-order valence-corrected chi connectivity index (χ3v) is 5.79. The molecule has 1 aromatic rings. The molecule has 2 N–H and O–H groups in total. The van der Waals surface area contributed by atoms with Gasteiger partial charge in [0.1, 0.15) is 23.2 Å². The summed E-state index contributed by atoms with van der Waals surface area (Å²) in [4.78, 5) is 38.7. The monoisotopic (exact) mass is 374 g/mol. The van der Waals surface area contributed by atoms with Crippen molar-refractivity contribution in [2.75, 3.05) is 11.9 Å². The van der Waals surface area contributed by atoms with Crippen LogP contribution in [0.25, 0.3) is 0 Å². The molecule has 1 aliphatic heterocycles. The predicted octanol–water partition coefficient (Wildman–Crippen LogP) is 2.70. The van der Waals surface area contributed by atoms with E-state index in [1.807, 2.05) is 6.07 Å². The van der Waals surface area contributed by atoms with E-state index < -0.39 is 17.5 Å². The minimum Gasteiger partial charge on any atom is -0.323 e. The number of nitrogens with one attached hydrogen (secondary N) is 2. The first kappa shape index (κ1) is 18.4. The Kier molecular flexibility index (Phi) is 4.53. The van der Waals surface area contributed by atoms with Crippen molar-refractivity contribution in [2.24, 2.45) is 11.3 Å². The number of anilines is 1. The van der Waals surface area contributed by atoms with Crippen LogP contribution in [0.1, 0.15) is 45.6 Å². The molecule has 8 heteroatoms. The molecule has 1 aromatic heterocycles. The Morgan fingerprint density at radius 3 is 2.85 bits per heavy atom. The molecule has 2 aliphatic rings. The molecule has 26 heavy (non-hydrogen) atoms. The van der Waals surface area contributed by atoms with Gasteiger partial charge in [-0.15, -0.1) is 11.3 Å². The SMILES string of the molecule is CC1CC(C)(C)CC2(C1)NC(=O)N(CC(=O)Nc1sccc1C#N)C2=O. The van der Waals surface area contributed by atoms with Crippen LogP contribution in [0, 0.1) is 22.7 Å². The molecule has 0 aromatic carbocycles. The highest BCUT2D eigenvalue weighted by Crippen LogP contribution is 2.46. The Labute approximate surface area is 156 Å². The molecule has 1 aliphatic carbocycles. The third kappa shape index (κ3) is 3.31. The van der Waals surface area contributed by atoms with E-state index in [9.17, 15) is 14.4 Å². The first-order chi connectivity index (χ1) is 12.2. The molecule has 0 radical (unpaired) electrons. The normalized spacial score (nSPS) is 27.3. The number of carbonyl (C=O) groups excluding carboxylic acids is 3. The number of hydrogen-bond acceptors (Lipinski definition) is 5. The lowest BCUT2D eigenvalue weighted by Crippen LogP contribution is -2.54. The average molecular weight is 374 g/mol. The molecule has 1 spiro atoms. The van der Waals surface area contributed by atoms with Gasteiger partial charge in [0.05, 0.1) is 5.56 Å². The van der Waals surface area contributed by atoms with Crippen LogP contribution in [0.3, 0.4) is 0 Å². The molecular formula is C18H22N4O3S. The average Bonchev–Trinajstić information content (AvgIpc) is 3.03. The smallest absolute Gasteiger partial charge is 0.323 e. The number of amides is 4. The van der Waals surface area contributed by atoms with Crippen LogP contribution in [-0.2, 0) is 9.59 Å². The Hall–Kier alpha value is -2.40. The van der Waals surface area contributed by atoms with E-state index in [-0.39, 0.29) is 17.9 Å². The van der Waals surface area contributed by atoms with Crippen LogP contribution < -0.4 is 10.6 Å². The Bertz CT molecular complexity index is 810. The van der Waals surface area contributed by atoms with E-state index >= 15 is 0 Å². The van der Waals surface area contributed by atoms with E-state index in [1.165, 1.54) is 11.3 Å². The summed E-state index contributed by atoms with van der Waals surface area (Å²) in [5.74, 6) is -0.516. The van der Waals surface area contributed by atoms with Crippen molar-refractivity contribution in [1.29, 1.82) is 5.26 Å². The zero-order valence-corrected chi connectivity index (χ0v) is 15.9. The molecule has 2 heterocycles. The highest BCUT2D eigenvalue weighted by molar-refractivity contribution is 7.14. The summed E-state index contributed by atoms with van der Waals surface area (Å²) in [7, 11) is 0. The molecule has 7 nitrogen and oxygen atoms in total. The number of nitrogens with zero attached hydrogens (tertiary/aromatic N) is 2. The van der Waals surface area contributed by atoms with Crippen LogP contribution in [0.15, 0.2) is 11.4 Å². The zero-order chi connectivity index (χ0) is 19.1. The maximum Gasteiger partial charge on any atom is 0.325 e. The minimum absolute atomic E-state index is 0.0580. The van der Waals surface area contributed by atoms with Crippen molar-refractivity contribution < 1.29 is 14.4 Å². The molecular weight excluding hydrogens is 352 g/mol. The van der Waals surface area contributed by atoms with Crippen molar-refractivity contribution in [3.05, 3.63) is 17.0 Å². The summed E-state index contributed by atoms with van der Waals surface area (Å²) >= 11 is 1.23. The van der Waals surface area contributed by atoms with Gasteiger partial charge in [-0.3, -0.25) is 14.5 Å². The number of hydrogen-bond donors (Lipinski definition) is 2. The second-order valence-electron chi connectivity index (χ2n) is 8.08. The zero-order valence-electron chi connectivity index (χ0n) is 15.1.